The van der Waals surface area contributed by atoms with E-state index in [2.05, 4.69) is 10.6 Å². The van der Waals surface area contributed by atoms with Crippen molar-refractivity contribution in [2.24, 2.45) is 0 Å². The minimum absolute atomic E-state index is 0.215. The lowest BCUT2D eigenvalue weighted by molar-refractivity contribution is -0.132. The summed E-state index contributed by atoms with van der Waals surface area (Å²) in [5, 5.41) is 4.90. The van der Waals surface area contributed by atoms with Gasteiger partial charge in [-0.2, -0.15) is 0 Å². The fourth-order valence-corrected chi connectivity index (χ4v) is 2.20. The summed E-state index contributed by atoms with van der Waals surface area (Å²) in [7, 11) is 1.40. The largest absolute Gasteiger partial charge is 0.343 e. The molecular formula is C19H19F2N3O3. The van der Waals surface area contributed by atoms with E-state index in [0.29, 0.717) is 11.8 Å². The van der Waals surface area contributed by atoms with Crippen LogP contribution in [0.1, 0.15) is 15.9 Å². The Labute approximate surface area is 155 Å². The van der Waals surface area contributed by atoms with E-state index in [1.807, 2.05) is 19.1 Å². The number of likely N-dealkylation sites (N-methyl/N-ethyl adjacent to an activating group) is 1. The van der Waals surface area contributed by atoms with Crippen LogP contribution in [-0.2, 0) is 9.59 Å². The number of aryl methyl sites for hydroxylation is 1. The maximum absolute atomic E-state index is 13.5. The Bertz CT molecular complexity index is 854. The molecule has 0 aromatic heterocycles. The van der Waals surface area contributed by atoms with E-state index in [-0.39, 0.29) is 12.1 Å². The van der Waals surface area contributed by atoms with Crippen LogP contribution in [0, 0.1) is 18.6 Å². The zero-order valence-electron chi connectivity index (χ0n) is 14.9. The number of amides is 3. The van der Waals surface area contributed by atoms with Crippen LogP contribution in [0.2, 0.25) is 0 Å². The molecule has 6 nitrogen and oxygen atoms in total. The smallest absolute Gasteiger partial charge is 0.254 e. The van der Waals surface area contributed by atoms with E-state index in [1.54, 1.807) is 12.1 Å². The Kier molecular flexibility index (Phi) is 6.59. The number of hydrogen-bond donors (Lipinski definition) is 2. The van der Waals surface area contributed by atoms with Gasteiger partial charge in [0.15, 0.2) is 0 Å². The third kappa shape index (κ3) is 5.88. The molecule has 3 amide bonds. The van der Waals surface area contributed by atoms with Crippen molar-refractivity contribution in [1.29, 1.82) is 0 Å². The van der Waals surface area contributed by atoms with E-state index >= 15 is 0 Å². The van der Waals surface area contributed by atoms with Crippen molar-refractivity contribution in [2.45, 2.75) is 6.92 Å². The number of benzene rings is 2. The lowest BCUT2D eigenvalue weighted by Gasteiger charge is -2.17. The average Bonchev–Trinajstić information content (AvgIpc) is 2.61. The number of hydrogen-bond acceptors (Lipinski definition) is 3. The SMILES string of the molecule is Cc1ccc(NC(=O)CN(C)C(=O)CNC(=O)c2ccc(F)cc2F)cc1. The van der Waals surface area contributed by atoms with Gasteiger partial charge in [0.1, 0.15) is 11.6 Å². The number of rotatable bonds is 6. The lowest BCUT2D eigenvalue weighted by Crippen LogP contribution is -2.41. The molecule has 0 bridgehead atoms. The molecule has 2 aromatic carbocycles. The van der Waals surface area contributed by atoms with Crippen LogP contribution in [0.5, 0.6) is 0 Å². The summed E-state index contributed by atoms with van der Waals surface area (Å²) in [6, 6.07) is 9.69. The molecule has 0 radical (unpaired) electrons. The first kappa shape index (κ1) is 20.0. The molecule has 2 aromatic rings. The van der Waals surface area contributed by atoms with Gasteiger partial charge in [-0.1, -0.05) is 17.7 Å². The maximum atomic E-state index is 13.5. The number of nitrogens with one attached hydrogen (secondary N) is 2. The van der Waals surface area contributed by atoms with Gasteiger partial charge < -0.3 is 15.5 Å². The summed E-state index contributed by atoms with van der Waals surface area (Å²) in [6.45, 7) is 1.28. The van der Waals surface area contributed by atoms with Crippen LogP contribution in [0.15, 0.2) is 42.5 Å². The zero-order chi connectivity index (χ0) is 20.0. The van der Waals surface area contributed by atoms with Gasteiger partial charge in [0.05, 0.1) is 18.7 Å². The summed E-state index contributed by atoms with van der Waals surface area (Å²) >= 11 is 0. The van der Waals surface area contributed by atoms with E-state index < -0.39 is 35.9 Å². The highest BCUT2D eigenvalue weighted by Gasteiger charge is 2.17. The highest BCUT2D eigenvalue weighted by Crippen LogP contribution is 2.10. The molecule has 2 rings (SSSR count). The molecule has 142 valence electrons. The van der Waals surface area contributed by atoms with Crippen LogP contribution in [0.4, 0.5) is 14.5 Å². The van der Waals surface area contributed by atoms with Crippen molar-refractivity contribution in [2.75, 3.05) is 25.5 Å². The first-order chi connectivity index (χ1) is 12.8. The van der Waals surface area contributed by atoms with Gasteiger partial charge >= 0.3 is 0 Å². The maximum Gasteiger partial charge on any atom is 0.254 e. The highest BCUT2D eigenvalue weighted by atomic mass is 19.1. The lowest BCUT2D eigenvalue weighted by atomic mass is 10.2. The van der Waals surface area contributed by atoms with Gasteiger partial charge in [-0.3, -0.25) is 14.4 Å². The quantitative estimate of drug-likeness (QED) is 0.812. The molecule has 0 aliphatic heterocycles. The first-order valence-corrected chi connectivity index (χ1v) is 8.10. The Morgan fingerprint density at radius 3 is 2.33 bits per heavy atom. The van der Waals surface area contributed by atoms with E-state index in [0.717, 1.165) is 22.6 Å². The summed E-state index contributed by atoms with van der Waals surface area (Å²) < 4.78 is 26.4. The van der Waals surface area contributed by atoms with E-state index in [1.165, 1.54) is 7.05 Å². The Morgan fingerprint density at radius 2 is 1.70 bits per heavy atom. The van der Waals surface area contributed by atoms with Crippen LogP contribution in [0.3, 0.4) is 0 Å². The third-order valence-electron chi connectivity index (χ3n) is 3.72. The molecule has 0 aliphatic rings. The van der Waals surface area contributed by atoms with Gasteiger partial charge in [-0.15, -0.1) is 0 Å². The molecule has 0 spiro atoms. The fourth-order valence-electron chi connectivity index (χ4n) is 2.20. The molecule has 8 heteroatoms. The Hall–Kier alpha value is -3.29. The molecule has 27 heavy (non-hydrogen) atoms. The van der Waals surface area contributed by atoms with Crippen LogP contribution >= 0.6 is 0 Å². The molecular weight excluding hydrogens is 356 g/mol. The van der Waals surface area contributed by atoms with Crippen molar-refractivity contribution < 1.29 is 23.2 Å². The Morgan fingerprint density at radius 1 is 1.04 bits per heavy atom. The van der Waals surface area contributed by atoms with E-state index in [4.69, 9.17) is 0 Å². The van der Waals surface area contributed by atoms with Gasteiger partial charge in [-0.25, -0.2) is 8.78 Å². The topological polar surface area (TPSA) is 78.5 Å². The normalized spacial score (nSPS) is 10.2. The van der Waals surface area contributed by atoms with Crippen LogP contribution < -0.4 is 10.6 Å². The monoisotopic (exact) mass is 375 g/mol. The number of halogens is 2. The summed E-state index contributed by atoms with van der Waals surface area (Å²) in [4.78, 5) is 37.0. The number of carbonyl (C=O) groups excluding carboxylic acids is 3. The Balaban J connectivity index is 1.83. The molecule has 0 unspecified atom stereocenters. The number of nitrogens with zero attached hydrogens (tertiary/aromatic N) is 1. The predicted octanol–water partition coefficient (Wildman–Crippen LogP) is 2.10. The molecule has 0 fully saturated rings. The number of carbonyl (C=O) groups is 3. The standard InChI is InChI=1S/C19H19F2N3O3/c1-12-3-6-14(7-4-12)23-17(25)11-24(2)18(26)10-22-19(27)15-8-5-13(20)9-16(15)21/h3-9H,10-11H2,1-2H3,(H,22,27)(H,23,25). The molecule has 0 aliphatic carbocycles. The van der Waals surface area contributed by atoms with Gasteiger partial charge in [0.25, 0.3) is 5.91 Å². The van der Waals surface area contributed by atoms with Gasteiger partial charge in [-0.05, 0) is 31.2 Å². The second-order valence-electron chi connectivity index (χ2n) is 5.97. The molecule has 0 heterocycles. The van der Waals surface area contributed by atoms with Crippen molar-refractivity contribution >= 4 is 23.4 Å². The van der Waals surface area contributed by atoms with Crippen molar-refractivity contribution in [3.63, 3.8) is 0 Å². The second-order valence-corrected chi connectivity index (χ2v) is 5.97. The van der Waals surface area contributed by atoms with Crippen molar-refractivity contribution in [3.8, 4) is 0 Å². The zero-order valence-corrected chi connectivity index (χ0v) is 14.9. The average molecular weight is 375 g/mol. The molecule has 0 atom stereocenters. The number of anilines is 1. The van der Waals surface area contributed by atoms with Crippen molar-refractivity contribution in [3.05, 3.63) is 65.2 Å². The first-order valence-electron chi connectivity index (χ1n) is 8.10. The summed E-state index contributed by atoms with van der Waals surface area (Å²) in [5.41, 5.74) is 1.28. The molecule has 0 saturated carbocycles. The van der Waals surface area contributed by atoms with Gasteiger partial charge in [0, 0.05) is 18.8 Å². The minimum atomic E-state index is -1.02. The van der Waals surface area contributed by atoms with Crippen LogP contribution in [0.25, 0.3) is 0 Å². The minimum Gasteiger partial charge on any atom is -0.343 e. The molecule has 0 saturated heterocycles. The summed E-state index contributed by atoms with van der Waals surface area (Å²) in [6.07, 6.45) is 0. The van der Waals surface area contributed by atoms with E-state index in [9.17, 15) is 23.2 Å². The van der Waals surface area contributed by atoms with Gasteiger partial charge in [0.2, 0.25) is 11.8 Å². The highest BCUT2D eigenvalue weighted by molar-refractivity contribution is 5.98. The fraction of sp³-hybridized carbons (Fsp3) is 0.211. The van der Waals surface area contributed by atoms with Crippen LogP contribution in [-0.4, -0.2) is 42.8 Å². The second kappa shape index (κ2) is 8.88. The van der Waals surface area contributed by atoms with Crippen molar-refractivity contribution in [1.82, 2.24) is 10.2 Å². The summed E-state index contributed by atoms with van der Waals surface area (Å²) in [5.74, 6) is -3.61. The third-order valence-corrected chi connectivity index (χ3v) is 3.72. The molecule has 2 N–H and O–H groups in total. The predicted molar refractivity (Wildman–Crippen MR) is 96.1 cm³/mol.